The Hall–Kier alpha value is -3.81. The molecule has 154 valence electrons. The largest absolute Gasteiger partial charge is 0.379 e. The van der Waals surface area contributed by atoms with Crippen LogP contribution in [0.4, 0.5) is 21.6 Å². The van der Waals surface area contributed by atoms with E-state index >= 15 is 0 Å². The molecule has 1 amide bonds. The van der Waals surface area contributed by atoms with Crippen LogP contribution in [0.25, 0.3) is 0 Å². The van der Waals surface area contributed by atoms with Gasteiger partial charge in [0, 0.05) is 44.9 Å². The number of rotatable bonds is 7. The summed E-state index contributed by atoms with van der Waals surface area (Å²) in [7, 11) is 3.39. The summed E-state index contributed by atoms with van der Waals surface area (Å²) in [6.45, 7) is 1.73. The Morgan fingerprint density at radius 3 is 2.40 bits per heavy atom. The fraction of sp³-hybridized carbons (Fsp3) is 0.182. The highest BCUT2D eigenvalue weighted by Gasteiger charge is 2.13. The Morgan fingerprint density at radius 2 is 1.77 bits per heavy atom. The molecule has 3 aromatic rings. The third kappa shape index (κ3) is 5.16. The standard InChI is InChI=1S/C22H22FN5O2/c1-14(29)21-19(24-13-15-5-4-6-17(23)11-15)12-20(26-27-21)25-18-9-7-16(8-10-18)22(30)28(2)3/h4-12H,13H2,1-3H3,(H2,24,25,26). The number of aromatic nitrogens is 2. The molecule has 0 aliphatic rings. The molecule has 0 radical (unpaired) electrons. The maximum Gasteiger partial charge on any atom is 0.253 e. The Morgan fingerprint density at radius 1 is 1.03 bits per heavy atom. The number of Topliss-reactive ketones (excluding diaryl/α,β-unsaturated/α-hetero) is 1. The summed E-state index contributed by atoms with van der Waals surface area (Å²) in [5, 5.41) is 14.3. The first-order valence-electron chi connectivity index (χ1n) is 9.29. The molecule has 1 aromatic heterocycles. The molecule has 0 aliphatic heterocycles. The first-order chi connectivity index (χ1) is 14.3. The molecule has 0 aliphatic carbocycles. The summed E-state index contributed by atoms with van der Waals surface area (Å²) in [5.74, 6) is -0.223. The Balaban J connectivity index is 1.78. The average molecular weight is 407 g/mol. The average Bonchev–Trinajstić information content (AvgIpc) is 2.72. The van der Waals surface area contributed by atoms with E-state index in [0.717, 1.165) is 5.56 Å². The van der Waals surface area contributed by atoms with Gasteiger partial charge in [-0.3, -0.25) is 9.59 Å². The Labute approximate surface area is 173 Å². The molecule has 0 unspecified atom stereocenters. The number of anilines is 3. The lowest BCUT2D eigenvalue weighted by Gasteiger charge is -2.13. The zero-order valence-electron chi connectivity index (χ0n) is 16.9. The maximum atomic E-state index is 13.4. The van der Waals surface area contributed by atoms with Crippen LogP contribution in [0.15, 0.2) is 54.6 Å². The number of hydrogen-bond acceptors (Lipinski definition) is 6. The number of nitrogens with one attached hydrogen (secondary N) is 2. The summed E-state index contributed by atoms with van der Waals surface area (Å²) in [4.78, 5) is 25.4. The van der Waals surface area contributed by atoms with E-state index in [-0.39, 0.29) is 23.2 Å². The van der Waals surface area contributed by atoms with Crippen molar-refractivity contribution in [1.29, 1.82) is 0 Å². The van der Waals surface area contributed by atoms with Crippen LogP contribution in [-0.2, 0) is 6.54 Å². The van der Waals surface area contributed by atoms with Crippen LogP contribution in [0, 0.1) is 5.82 Å². The molecule has 7 nitrogen and oxygen atoms in total. The number of carbonyl (C=O) groups is 2. The highest BCUT2D eigenvalue weighted by molar-refractivity contribution is 5.97. The van der Waals surface area contributed by atoms with Crippen LogP contribution in [-0.4, -0.2) is 40.9 Å². The maximum absolute atomic E-state index is 13.4. The predicted octanol–water partition coefficient (Wildman–Crippen LogP) is 3.88. The van der Waals surface area contributed by atoms with Crippen molar-refractivity contribution in [2.45, 2.75) is 13.5 Å². The number of amides is 1. The lowest BCUT2D eigenvalue weighted by atomic mass is 10.2. The van der Waals surface area contributed by atoms with Crippen molar-refractivity contribution in [3.05, 3.63) is 77.2 Å². The number of ketones is 1. The second-order valence-corrected chi connectivity index (χ2v) is 6.93. The molecule has 2 N–H and O–H groups in total. The van der Waals surface area contributed by atoms with Gasteiger partial charge in [0.2, 0.25) is 0 Å². The fourth-order valence-corrected chi connectivity index (χ4v) is 2.79. The van der Waals surface area contributed by atoms with Crippen LogP contribution in [0.5, 0.6) is 0 Å². The minimum atomic E-state index is -0.326. The van der Waals surface area contributed by atoms with Gasteiger partial charge in [0.15, 0.2) is 17.3 Å². The fourth-order valence-electron chi connectivity index (χ4n) is 2.79. The molecular formula is C22H22FN5O2. The van der Waals surface area contributed by atoms with E-state index in [1.807, 2.05) is 0 Å². The van der Waals surface area contributed by atoms with Gasteiger partial charge in [0.1, 0.15) is 5.82 Å². The third-order valence-corrected chi connectivity index (χ3v) is 4.31. The molecule has 1 heterocycles. The normalized spacial score (nSPS) is 10.4. The number of benzene rings is 2. The van der Waals surface area contributed by atoms with Crippen LogP contribution in [0.2, 0.25) is 0 Å². The van der Waals surface area contributed by atoms with Crippen molar-refractivity contribution in [2.24, 2.45) is 0 Å². The van der Waals surface area contributed by atoms with Crippen LogP contribution < -0.4 is 10.6 Å². The van der Waals surface area contributed by atoms with Crippen LogP contribution in [0.1, 0.15) is 33.3 Å². The Bertz CT molecular complexity index is 1070. The first kappa shape index (κ1) is 20.9. The van der Waals surface area contributed by atoms with Crippen molar-refractivity contribution in [2.75, 3.05) is 24.7 Å². The van der Waals surface area contributed by atoms with Crippen molar-refractivity contribution in [1.82, 2.24) is 15.1 Å². The number of nitrogens with zero attached hydrogens (tertiary/aromatic N) is 3. The summed E-state index contributed by atoms with van der Waals surface area (Å²) in [6.07, 6.45) is 0. The summed E-state index contributed by atoms with van der Waals surface area (Å²) in [5.41, 5.74) is 2.71. The van der Waals surface area contributed by atoms with E-state index in [1.165, 1.54) is 24.0 Å². The smallest absolute Gasteiger partial charge is 0.253 e. The van der Waals surface area contributed by atoms with E-state index in [9.17, 15) is 14.0 Å². The van der Waals surface area contributed by atoms with E-state index < -0.39 is 0 Å². The molecule has 0 saturated carbocycles. The molecule has 0 spiro atoms. The second kappa shape index (κ2) is 9.13. The van der Waals surface area contributed by atoms with Gasteiger partial charge in [-0.05, 0) is 42.0 Å². The molecule has 8 heteroatoms. The molecule has 0 fully saturated rings. The lowest BCUT2D eigenvalue weighted by molar-refractivity contribution is 0.0827. The van der Waals surface area contributed by atoms with Gasteiger partial charge in [-0.25, -0.2) is 4.39 Å². The van der Waals surface area contributed by atoms with Gasteiger partial charge < -0.3 is 15.5 Å². The first-order valence-corrected chi connectivity index (χ1v) is 9.29. The van der Waals surface area contributed by atoms with E-state index in [1.54, 1.807) is 56.6 Å². The molecule has 0 atom stereocenters. The van der Waals surface area contributed by atoms with Crippen molar-refractivity contribution in [3.63, 3.8) is 0 Å². The van der Waals surface area contributed by atoms with Gasteiger partial charge in [0.25, 0.3) is 5.91 Å². The molecule has 3 rings (SSSR count). The van der Waals surface area contributed by atoms with E-state index in [0.29, 0.717) is 29.3 Å². The lowest BCUT2D eigenvalue weighted by Crippen LogP contribution is -2.21. The van der Waals surface area contributed by atoms with Gasteiger partial charge in [-0.1, -0.05) is 12.1 Å². The third-order valence-electron chi connectivity index (χ3n) is 4.31. The SMILES string of the molecule is CC(=O)c1nnc(Nc2ccc(C(=O)N(C)C)cc2)cc1NCc1cccc(F)c1. The number of hydrogen-bond donors (Lipinski definition) is 2. The zero-order valence-corrected chi connectivity index (χ0v) is 16.9. The predicted molar refractivity (Wildman–Crippen MR) is 114 cm³/mol. The molecule has 0 bridgehead atoms. The van der Waals surface area contributed by atoms with Crippen LogP contribution in [0.3, 0.4) is 0 Å². The minimum absolute atomic E-state index is 0.0870. The van der Waals surface area contributed by atoms with E-state index in [2.05, 4.69) is 20.8 Å². The zero-order chi connectivity index (χ0) is 21.7. The summed E-state index contributed by atoms with van der Waals surface area (Å²) < 4.78 is 13.4. The van der Waals surface area contributed by atoms with Gasteiger partial charge in [0.05, 0.1) is 5.69 Å². The topological polar surface area (TPSA) is 87.2 Å². The molecule has 0 saturated heterocycles. The summed E-state index contributed by atoms with van der Waals surface area (Å²) >= 11 is 0. The highest BCUT2D eigenvalue weighted by atomic mass is 19.1. The van der Waals surface area contributed by atoms with Crippen molar-refractivity contribution >= 4 is 28.9 Å². The van der Waals surface area contributed by atoms with Gasteiger partial charge in [-0.15, -0.1) is 10.2 Å². The van der Waals surface area contributed by atoms with Crippen molar-refractivity contribution < 1.29 is 14.0 Å². The Kier molecular flexibility index (Phi) is 6.36. The van der Waals surface area contributed by atoms with E-state index in [4.69, 9.17) is 0 Å². The summed E-state index contributed by atoms with van der Waals surface area (Å²) in [6, 6.07) is 14.8. The van der Waals surface area contributed by atoms with Crippen LogP contribution >= 0.6 is 0 Å². The molecular weight excluding hydrogens is 385 g/mol. The quantitative estimate of drug-likeness (QED) is 0.578. The van der Waals surface area contributed by atoms with Crippen molar-refractivity contribution in [3.8, 4) is 0 Å². The number of carbonyl (C=O) groups excluding carboxylic acids is 2. The monoisotopic (exact) mass is 407 g/mol. The van der Waals surface area contributed by atoms with Gasteiger partial charge >= 0.3 is 0 Å². The highest BCUT2D eigenvalue weighted by Crippen LogP contribution is 2.22. The molecule has 2 aromatic carbocycles. The molecule has 30 heavy (non-hydrogen) atoms. The minimum Gasteiger partial charge on any atom is -0.379 e. The number of halogens is 1. The van der Waals surface area contributed by atoms with Gasteiger partial charge in [-0.2, -0.15) is 0 Å². The second-order valence-electron chi connectivity index (χ2n) is 6.93.